The number of hydrogen-bond acceptors (Lipinski definition) is 7. The van der Waals surface area contributed by atoms with Gasteiger partial charge >= 0.3 is 6.18 Å². The summed E-state index contributed by atoms with van der Waals surface area (Å²) in [5.41, 5.74) is 0.737. The highest BCUT2D eigenvalue weighted by Gasteiger charge is 2.36. The summed E-state index contributed by atoms with van der Waals surface area (Å²) in [6.07, 6.45) is -4.16. The van der Waals surface area contributed by atoms with Crippen molar-refractivity contribution in [2.75, 3.05) is 45.1 Å². The van der Waals surface area contributed by atoms with Gasteiger partial charge in [-0.3, -0.25) is 14.9 Å². The molecule has 2 amide bonds. The molecule has 0 unspecified atom stereocenters. The van der Waals surface area contributed by atoms with Gasteiger partial charge in [0, 0.05) is 37.1 Å². The predicted molar refractivity (Wildman–Crippen MR) is 168 cm³/mol. The number of hydrogen-bond donors (Lipinski definition) is 2. The van der Waals surface area contributed by atoms with Gasteiger partial charge in [0.2, 0.25) is 0 Å². The summed E-state index contributed by atoms with van der Waals surface area (Å²) in [5.74, 6) is 0.0779. The molecule has 0 aliphatic heterocycles. The molecular formula is C32H30F3N5O4S. The first-order valence-electron chi connectivity index (χ1n) is 13.8. The number of carbonyl (C=O) groups excluding carboxylic acids is 2. The van der Waals surface area contributed by atoms with Gasteiger partial charge in [0.25, 0.3) is 11.8 Å². The molecule has 0 saturated carbocycles. The molecule has 9 nitrogen and oxygen atoms in total. The SMILES string of the molecule is COc1ccc(CCNC(=O)c2csc(NC(=O)c3cc4ccccc4n3-c3ccc(N(C)C)cc3C(F)(F)F)n2)cc1OC. The van der Waals surface area contributed by atoms with Gasteiger partial charge in [-0.05, 0) is 54.4 Å². The molecule has 2 heterocycles. The zero-order chi connectivity index (χ0) is 32.3. The average molecular weight is 638 g/mol. The quantitative estimate of drug-likeness (QED) is 0.184. The number of methoxy groups -OCH3 is 2. The van der Waals surface area contributed by atoms with E-state index in [0.29, 0.717) is 41.1 Å². The van der Waals surface area contributed by atoms with Gasteiger partial charge in [-0.1, -0.05) is 24.3 Å². The summed E-state index contributed by atoms with van der Waals surface area (Å²) in [4.78, 5) is 32.1. The maximum Gasteiger partial charge on any atom is 0.418 e. The topological polar surface area (TPSA) is 97.7 Å². The maximum atomic E-state index is 14.3. The molecule has 5 aromatic rings. The Morgan fingerprint density at radius 3 is 2.42 bits per heavy atom. The molecule has 0 saturated heterocycles. The van der Waals surface area contributed by atoms with Crippen LogP contribution in [0.4, 0.5) is 24.0 Å². The fourth-order valence-electron chi connectivity index (χ4n) is 4.85. The van der Waals surface area contributed by atoms with E-state index in [1.54, 1.807) is 69.6 Å². The third-order valence-electron chi connectivity index (χ3n) is 7.09. The molecule has 0 bridgehead atoms. The van der Waals surface area contributed by atoms with E-state index in [4.69, 9.17) is 9.47 Å². The molecule has 0 aliphatic carbocycles. The fraction of sp³-hybridized carbons (Fsp3) is 0.219. The van der Waals surface area contributed by atoms with Crippen LogP contribution >= 0.6 is 11.3 Å². The van der Waals surface area contributed by atoms with Crippen LogP contribution in [0, 0.1) is 0 Å². The Morgan fingerprint density at radius 1 is 0.956 bits per heavy atom. The highest BCUT2D eigenvalue weighted by Crippen LogP contribution is 2.38. The van der Waals surface area contributed by atoms with Gasteiger partial charge in [0.15, 0.2) is 16.6 Å². The lowest BCUT2D eigenvalue weighted by Crippen LogP contribution is -2.26. The van der Waals surface area contributed by atoms with Crippen molar-refractivity contribution in [3.63, 3.8) is 0 Å². The summed E-state index contributed by atoms with van der Waals surface area (Å²) in [7, 11) is 6.40. The van der Waals surface area contributed by atoms with Crippen molar-refractivity contribution < 1.29 is 32.2 Å². The maximum absolute atomic E-state index is 14.3. The minimum absolute atomic E-state index is 0.0181. The number of carbonyl (C=O) groups is 2. The van der Waals surface area contributed by atoms with Crippen LogP contribution in [0.15, 0.2) is 72.1 Å². The molecular weight excluding hydrogens is 607 g/mol. The number of ether oxygens (including phenoxy) is 2. The monoisotopic (exact) mass is 637 g/mol. The van der Waals surface area contributed by atoms with Crippen molar-refractivity contribution in [3.8, 4) is 17.2 Å². The molecule has 2 N–H and O–H groups in total. The summed E-state index contributed by atoms with van der Waals surface area (Å²) in [6.45, 7) is 0.321. The molecule has 3 aromatic carbocycles. The Kier molecular flexibility index (Phi) is 9.00. The number of nitrogens with one attached hydrogen (secondary N) is 2. The van der Waals surface area contributed by atoms with Crippen molar-refractivity contribution in [2.45, 2.75) is 12.6 Å². The van der Waals surface area contributed by atoms with E-state index in [0.717, 1.165) is 23.0 Å². The van der Waals surface area contributed by atoms with Crippen molar-refractivity contribution in [1.82, 2.24) is 14.9 Å². The summed E-state index contributed by atoms with van der Waals surface area (Å²) in [6, 6.07) is 17.8. The first-order valence-corrected chi connectivity index (χ1v) is 14.6. The number of anilines is 2. The van der Waals surface area contributed by atoms with Gasteiger partial charge in [-0.25, -0.2) is 4.98 Å². The molecule has 234 valence electrons. The molecule has 0 fully saturated rings. The third-order valence-corrected chi connectivity index (χ3v) is 7.85. The number of rotatable bonds is 10. The lowest BCUT2D eigenvalue weighted by molar-refractivity contribution is -0.137. The van der Waals surface area contributed by atoms with Crippen LogP contribution in [0.1, 0.15) is 32.1 Å². The van der Waals surface area contributed by atoms with Crippen LogP contribution in [-0.2, 0) is 12.6 Å². The number of aromatic nitrogens is 2. The standard InChI is InChI=1S/C32H30F3N5O4S/c1-39(2)21-10-11-25(22(17-21)32(33,34)35)40-24-8-6-5-7-20(24)16-26(40)30(42)38-31-37-23(18-45-31)29(41)36-14-13-19-9-12-27(43-3)28(15-19)44-4/h5-12,15-18H,13-14H2,1-4H3,(H,36,41)(H,37,38,42). The number of halogens is 3. The molecule has 5 rings (SSSR count). The summed E-state index contributed by atoms with van der Waals surface area (Å²) < 4.78 is 54.8. The molecule has 13 heteroatoms. The Labute approximate surface area is 261 Å². The second kappa shape index (κ2) is 12.9. The summed E-state index contributed by atoms with van der Waals surface area (Å²) in [5, 5.41) is 7.66. The van der Waals surface area contributed by atoms with Crippen LogP contribution in [0.5, 0.6) is 11.5 Å². The van der Waals surface area contributed by atoms with E-state index in [2.05, 4.69) is 15.6 Å². The van der Waals surface area contributed by atoms with E-state index >= 15 is 0 Å². The predicted octanol–water partition coefficient (Wildman–Crippen LogP) is 6.41. The molecule has 0 atom stereocenters. The van der Waals surface area contributed by atoms with Gasteiger partial charge in [0.1, 0.15) is 11.4 Å². The third kappa shape index (κ3) is 6.73. The van der Waals surface area contributed by atoms with E-state index < -0.39 is 23.6 Å². The van der Waals surface area contributed by atoms with Gasteiger partial charge in [0.05, 0.1) is 31.0 Å². The molecule has 2 aromatic heterocycles. The van der Waals surface area contributed by atoms with Gasteiger partial charge < -0.3 is 24.3 Å². The number of alkyl halides is 3. The molecule has 0 radical (unpaired) electrons. The van der Waals surface area contributed by atoms with Crippen molar-refractivity contribution >= 4 is 44.9 Å². The Balaban J connectivity index is 1.35. The largest absolute Gasteiger partial charge is 0.493 e. The smallest absolute Gasteiger partial charge is 0.418 e. The van der Waals surface area contributed by atoms with Crippen molar-refractivity contribution in [2.24, 2.45) is 0 Å². The van der Waals surface area contributed by atoms with E-state index in [-0.39, 0.29) is 22.2 Å². The number of nitrogens with zero attached hydrogens (tertiary/aromatic N) is 3. The average Bonchev–Trinajstić information content (AvgIpc) is 3.65. The van der Waals surface area contributed by atoms with Crippen molar-refractivity contribution in [1.29, 1.82) is 0 Å². The highest BCUT2D eigenvalue weighted by molar-refractivity contribution is 7.14. The number of amides is 2. The Bertz CT molecular complexity index is 1870. The van der Waals surface area contributed by atoms with E-state index in [9.17, 15) is 22.8 Å². The lowest BCUT2D eigenvalue weighted by Gasteiger charge is -2.20. The van der Waals surface area contributed by atoms with Crippen LogP contribution in [0.3, 0.4) is 0 Å². The number of benzene rings is 3. The van der Waals surface area contributed by atoms with Crippen LogP contribution < -0.4 is 25.0 Å². The van der Waals surface area contributed by atoms with Crippen LogP contribution in [-0.4, -0.2) is 56.2 Å². The lowest BCUT2D eigenvalue weighted by atomic mass is 10.1. The first kappa shape index (κ1) is 31.4. The highest BCUT2D eigenvalue weighted by atomic mass is 32.1. The Hall–Kier alpha value is -5.04. The second-order valence-electron chi connectivity index (χ2n) is 10.2. The minimum Gasteiger partial charge on any atom is -0.493 e. The normalized spacial score (nSPS) is 11.4. The molecule has 0 spiro atoms. The first-order chi connectivity index (χ1) is 21.5. The fourth-order valence-corrected chi connectivity index (χ4v) is 5.54. The van der Waals surface area contributed by atoms with Crippen LogP contribution in [0.2, 0.25) is 0 Å². The zero-order valence-corrected chi connectivity index (χ0v) is 25.7. The minimum atomic E-state index is -4.68. The number of thiazole rings is 1. The second-order valence-corrected chi connectivity index (χ2v) is 11.1. The van der Waals surface area contributed by atoms with Gasteiger partial charge in [-0.2, -0.15) is 13.2 Å². The summed E-state index contributed by atoms with van der Waals surface area (Å²) >= 11 is 1.03. The van der Waals surface area contributed by atoms with Crippen LogP contribution in [0.25, 0.3) is 16.6 Å². The molecule has 45 heavy (non-hydrogen) atoms. The number of para-hydroxylation sites is 1. The van der Waals surface area contributed by atoms with E-state index in [1.807, 2.05) is 12.1 Å². The molecule has 0 aliphatic rings. The zero-order valence-electron chi connectivity index (χ0n) is 24.9. The van der Waals surface area contributed by atoms with Crippen molar-refractivity contribution in [3.05, 3.63) is 94.6 Å². The van der Waals surface area contributed by atoms with E-state index in [1.165, 1.54) is 22.1 Å². The Morgan fingerprint density at radius 2 is 1.71 bits per heavy atom. The number of fused-ring (bicyclic) bond motifs is 1. The van der Waals surface area contributed by atoms with Gasteiger partial charge in [-0.15, -0.1) is 11.3 Å².